The quantitative estimate of drug-likeness (QED) is 0.829. The number of pyridine rings is 1. The second-order valence-corrected chi connectivity index (χ2v) is 6.52. The number of hydrogen-bond acceptors (Lipinski definition) is 5. The highest BCUT2D eigenvalue weighted by atomic mass is 19.1. The molecule has 0 bridgehead atoms. The number of halogens is 1. The molecular weight excluding hydrogens is 321 g/mol. The highest BCUT2D eigenvalue weighted by Crippen LogP contribution is 2.23. The average Bonchev–Trinajstić information content (AvgIpc) is 2.94. The molecule has 0 saturated carbocycles. The van der Waals surface area contributed by atoms with Gasteiger partial charge in [0.2, 0.25) is 0 Å². The molecule has 7 heteroatoms. The molecule has 2 aromatic rings. The Labute approximate surface area is 146 Å². The van der Waals surface area contributed by atoms with E-state index in [-0.39, 0.29) is 11.9 Å². The Morgan fingerprint density at radius 2 is 2.16 bits per heavy atom. The van der Waals surface area contributed by atoms with Crippen LogP contribution in [0.4, 0.5) is 4.39 Å². The first-order chi connectivity index (χ1) is 12.0. The minimum absolute atomic E-state index is 0.0341. The minimum Gasteiger partial charge on any atom is -0.339 e. The minimum atomic E-state index is -0.880. The molecule has 1 aliphatic heterocycles. The van der Waals surface area contributed by atoms with E-state index in [0.717, 1.165) is 11.1 Å². The van der Waals surface area contributed by atoms with Crippen molar-refractivity contribution < 1.29 is 9.18 Å². The average molecular weight is 343 g/mol. The van der Waals surface area contributed by atoms with Crippen molar-refractivity contribution in [2.24, 2.45) is 0 Å². The normalized spacial score (nSPS) is 20.6. The highest BCUT2D eigenvalue weighted by Gasteiger charge is 2.33. The summed E-state index contributed by atoms with van der Waals surface area (Å²) in [5, 5.41) is 0. The van der Waals surface area contributed by atoms with E-state index in [4.69, 9.17) is 0 Å². The summed E-state index contributed by atoms with van der Waals surface area (Å²) in [4.78, 5) is 28.5. The molecule has 0 unspecified atom stereocenters. The van der Waals surface area contributed by atoms with E-state index >= 15 is 0 Å². The number of carbonyl (C=O) groups is 1. The third kappa shape index (κ3) is 4.17. The van der Waals surface area contributed by atoms with E-state index in [1.54, 1.807) is 36.6 Å². The van der Waals surface area contributed by atoms with Gasteiger partial charge in [-0.3, -0.25) is 14.7 Å². The predicted molar refractivity (Wildman–Crippen MR) is 91.7 cm³/mol. The Kier molecular flexibility index (Phi) is 5.33. The number of amides is 1. The van der Waals surface area contributed by atoms with E-state index in [0.29, 0.717) is 31.7 Å². The number of nitrogens with zero attached hydrogens (tertiary/aromatic N) is 5. The Bertz CT molecular complexity index is 726. The Balaban J connectivity index is 1.67. The Morgan fingerprint density at radius 1 is 1.40 bits per heavy atom. The second kappa shape index (κ2) is 7.65. The first kappa shape index (κ1) is 17.4. The lowest BCUT2D eigenvalue weighted by molar-refractivity contribution is 0.0743. The van der Waals surface area contributed by atoms with E-state index in [1.807, 2.05) is 13.0 Å². The number of rotatable bonds is 5. The number of hydrogen-bond donors (Lipinski definition) is 0. The lowest BCUT2D eigenvalue weighted by atomic mass is 10.1. The van der Waals surface area contributed by atoms with Gasteiger partial charge in [-0.15, -0.1) is 0 Å². The summed E-state index contributed by atoms with van der Waals surface area (Å²) in [7, 11) is 1.74. The molecule has 3 rings (SSSR count). The van der Waals surface area contributed by atoms with Gasteiger partial charge in [-0.05, 0) is 25.0 Å². The zero-order chi connectivity index (χ0) is 17.8. The third-order valence-electron chi connectivity index (χ3n) is 4.52. The summed E-state index contributed by atoms with van der Waals surface area (Å²) in [6, 6.07) is 3.64. The van der Waals surface area contributed by atoms with Crippen LogP contribution in [-0.4, -0.2) is 63.0 Å². The molecule has 1 amide bonds. The number of likely N-dealkylation sites (tertiary alicyclic amines) is 1. The third-order valence-corrected chi connectivity index (χ3v) is 4.52. The molecule has 1 aliphatic rings. The summed E-state index contributed by atoms with van der Waals surface area (Å²) in [6.45, 7) is 3.27. The first-order valence-electron chi connectivity index (χ1n) is 8.33. The fourth-order valence-corrected chi connectivity index (χ4v) is 3.24. The summed E-state index contributed by atoms with van der Waals surface area (Å²) in [5.74, 6) is -0.136. The molecule has 1 saturated heterocycles. The molecular formula is C18H22FN5O. The summed E-state index contributed by atoms with van der Waals surface area (Å²) in [5.41, 5.74) is 2.23. The molecule has 3 heterocycles. The van der Waals surface area contributed by atoms with Gasteiger partial charge < -0.3 is 4.90 Å². The van der Waals surface area contributed by atoms with Crippen molar-refractivity contribution in [3.05, 3.63) is 53.9 Å². The van der Waals surface area contributed by atoms with E-state index in [9.17, 15) is 9.18 Å². The molecule has 0 aliphatic carbocycles. The van der Waals surface area contributed by atoms with Gasteiger partial charge in [0.15, 0.2) is 0 Å². The molecule has 1 fully saturated rings. The SMILES string of the molecule is Cc1cccnc1C(=O)N(C)C[C@@H]1C[C@H](F)CN1Cc1cncnc1. The fourth-order valence-electron chi connectivity index (χ4n) is 3.24. The highest BCUT2D eigenvalue weighted by molar-refractivity contribution is 5.93. The Morgan fingerprint density at radius 3 is 2.88 bits per heavy atom. The van der Waals surface area contributed by atoms with Crippen LogP contribution in [0.1, 0.15) is 28.0 Å². The van der Waals surface area contributed by atoms with Crippen LogP contribution in [0.3, 0.4) is 0 Å². The van der Waals surface area contributed by atoms with Crippen LogP contribution in [0.25, 0.3) is 0 Å². The summed E-state index contributed by atoms with van der Waals surface area (Å²) in [6.07, 6.45) is 6.11. The van der Waals surface area contributed by atoms with Gasteiger partial charge in [0, 0.05) is 56.9 Å². The summed E-state index contributed by atoms with van der Waals surface area (Å²) < 4.78 is 14.0. The number of likely N-dealkylation sites (N-methyl/N-ethyl adjacent to an activating group) is 1. The lowest BCUT2D eigenvalue weighted by Crippen LogP contribution is -2.41. The van der Waals surface area contributed by atoms with E-state index in [2.05, 4.69) is 19.9 Å². The zero-order valence-electron chi connectivity index (χ0n) is 14.5. The van der Waals surface area contributed by atoms with Crippen LogP contribution in [0.5, 0.6) is 0 Å². The van der Waals surface area contributed by atoms with Crippen LogP contribution < -0.4 is 0 Å². The van der Waals surface area contributed by atoms with Crippen LogP contribution in [0.15, 0.2) is 37.1 Å². The predicted octanol–water partition coefficient (Wildman–Crippen LogP) is 1.86. The molecule has 2 atom stereocenters. The van der Waals surface area contributed by atoms with E-state index < -0.39 is 6.17 Å². The molecule has 132 valence electrons. The number of alkyl halides is 1. The van der Waals surface area contributed by atoms with Gasteiger partial charge in [-0.1, -0.05) is 6.07 Å². The van der Waals surface area contributed by atoms with Crippen molar-refractivity contribution in [2.75, 3.05) is 20.1 Å². The maximum Gasteiger partial charge on any atom is 0.272 e. The summed E-state index contributed by atoms with van der Waals surface area (Å²) >= 11 is 0. The van der Waals surface area contributed by atoms with Crippen molar-refractivity contribution in [3.8, 4) is 0 Å². The maximum absolute atomic E-state index is 14.0. The van der Waals surface area contributed by atoms with Crippen LogP contribution in [0.2, 0.25) is 0 Å². The molecule has 25 heavy (non-hydrogen) atoms. The van der Waals surface area contributed by atoms with Gasteiger partial charge in [0.25, 0.3) is 5.91 Å². The van der Waals surface area contributed by atoms with Gasteiger partial charge in [-0.2, -0.15) is 0 Å². The standard InChI is InChI=1S/C18H22FN5O/c1-13-4-3-5-22-17(13)18(25)23(2)11-16-6-15(19)10-24(16)9-14-7-20-12-21-8-14/h3-5,7-8,12,15-16H,6,9-11H2,1-2H3/t15-,16-/m0/s1. The molecule has 0 spiro atoms. The van der Waals surface area contributed by atoms with Crippen LogP contribution in [0, 0.1) is 6.92 Å². The van der Waals surface area contributed by atoms with Gasteiger partial charge in [-0.25, -0.2) is 14.4 Å². The Hall–Kier alpha value is -2.41. The fraction of sp³-hybridized carbons (Fsp3) is 0.444. The van der Waals surface area contributed by atoms with E-state index in [1.165, 1.54) is 6.33 Å². The molecule has 0 aromatic carbocycles. The maximum atomic E-state index is 14.0. The topological polar surface area (TPSA) is 62.2 Å². The molecule has 0 N–H and O–H groups in total. The zero-order valence-corrected chi connectivity index (χ0v) is 14.5. The van der Waals surface area contributed by atoms with Crippen molar-refractivity contribution in [1.82, 2.24) is 24.8 Å². The van der Waals surface area contributed by atoms with Gasteiger partial charge in [0.05, 0.1) is 0 Å². The van der Waals surface area contributed by atoms with Gasteiger partial charge in [0.1, 0.15) is 18.2 Å². The molecule has 0 radical (unpaired) electrons. The lowest BCUT2D eigenvalue weighted by Gasteiger charge is -2.28. The first-order valence-corrected chi connectivity index (χ1v) is 8.33. The van der Waals surface area contributed by atoms with Crippen molar-refractivity contribution in [2.45, 2.75) is 32.1 Å². The molecule has 6 nitrogen and oxygen atoms in total. The van der Waals surface area contributed by atoms with Crippen LogP contribution >= 0.6 is 0 Å². The number of carbonyl (C=O) groups excluding carboxylic acids is 1. The monoisotopic (exact) mass is 343 g/mol. The van der Waals surface area contributed by atoms with Crippen molar-refractivity contribution in [1.29, 1.82) is 0 Å². The largest absolute Gasteiger partial charge is 0.339 e. The second-order valence-electron chi connectivity index (χ2n) is 6.52. The molecule has 2 aromatic heterocycles. The number of aromatic nitrogens is 3. The van der Waals surface area contributed by atoms with Crippen molar-refractivity contribution >= 4 is 5.91 Å². The smallest absolute Gasteiger partial charge is 0.272 e. The van der Waals surface area contributed by atoms with Crippen molar-refractivity contribution in [3.63, 3.8) is 0 Å². The number of aryl methyl sites for hydroxylation is 1. The van der Waals surface area contributed by atoms with Gasteiger partial charge >= 0.3 is 0 Å². The van der Waals surface area contributed by atoms with Crippen LogP contribution in [-0.2, 0) is 6.54 Å².